The lowest BCUT2D eigenvalue weighted by atomic mass is 13.2. The molecule has 0 aliphatic rings. The van der Waals surface area contributed by atoms with E-state index < -0.39 is 0 Å². The molecule has 0 heterocycles. The van der Waals surface area contributed by atoms with Gasteiger partial charge in [0.05, 0.1) is 0 Å². The van der Waals surface area contributed by atoms with E-state index in [-0.39, 0.29) is 0 Å². The van der Waals surface area contributed by atoms with Crippen molar-refractivity contribution in [1.29, 1.82) is 10.9 Å². The van der Waals surface area contributed by atoms with Gasteiger partial charge in [0, 0.05) is 0 Å². The Balaban J connectivity index is 0. The maximum absolute atomic E-state index is 8.22. The first-order chi connectivity index (χ1) is 2.83. The molecular weight excluding hydrogens is 88.0 g/mol. The Bertz CT molecular complexity index is 72.0. The number of nitrogens with one attached hydrogen (secondary N) is 1. The molecule has 32 valence electrons. The van der Waals surface area contributed by atoms with E-state index in [9.17, 15) is 0 Å². The van der Waals surface area contributed by atoms with Gasteiger partial charge in [-0.25, -0.2) is 0 Å². The zero-order valence-corrected chi connectivity index (χ0v) is 2.70. The van der Waals surface area contributed by atoms with Crippen LogP contribution >= 0.6 is 0 Å². The lowest BCUT2D eigenvalue weighted by Gasteiger charge is -0.991. The topological polar surface area (TPSA) is 103 Å². The molecule has 2 N–H and O–H groups in total. The fourth-order valence-corrected chi connectivity index (χ4v) is 0. The molecule has 0 bridgehead atoms. The van der Waals surface area contributed by atoms with E-state index in [1.165, 1.54) is 10.1 Å². The summed E-state index contributed by atoms with van der Waals surface area (Å²) in [4.78, 5) is 9.72. The summed E-state index contributed by atoms with van der Waals surface area (Å²) in [5, 5.41) is 15.0. The second-order valence-electron chi connectivity index (χ2n) is 0.181. The van der Waals surface area contributed by atoms with Crippen molar-refractivity contribution in [3.8, 4) is 0 Å². The van der Waals surface area contributed by atoms with Crippen LogP contribution in [0.5, 0.6) is 0 Å². The third-order valence-corrected chi connectivity index (χ3v) is 0. The summed E-state index contributed by atoms with van der Waals surface area (Å²) < 4.78 is 0. The minimum Gasteiger partial charge on any atom is -0.145 e. The molecular formula is H2N4O2+2. The van der Waals surface area contributed by atoms with Crippen LogP contribution in [0, 0.1) is 15.8 Å². The summed E-state index contributed by atoms with van der Waals surface area (Å²) in [6.07, 6.45) is 0. The van der Waals surface area contributed by atoms with Crippen LogP contribution in [0.25, 0.3) is 5.14 Å². The Morgan fingerprint density at radius 3 is 1.83 bits per heavy atom. The van der Waals surface area contributed by atoms with Crippen molar-refractivity contribution in [2.75, 3.05) is 0 Å². The van der Waals surface area contributed by atoms with Gasteiger partial charge in [-0.15, -0.1) is 5.21 Å². The third-order valence-electron chi connectivity index (χ3n) is 0. The summed E-state index contributed by atoms with van der Waals surface area (Å²) in [5.41, 5.74) is 5.28. The molecule has 0 unspecified atom stereocenters. The van der Waals surface area contributed by atoms with Gasteiger partial charge in [-0.1, -0.05) is 0 Å². The van der Waals surface area contributed by atoms with Crippen LogP contribution in [0.2, 0.25) is 0 Å². The van der Waals surface area contributed by atoms with E-state index in [4.69, 9.17) is 21.0 Å². The molecule has 6 heteroatoms. The minimum absolute atomic E-state index is 1.50. The first kappa shape index (κ1) is 8.82. The maximum Gasteiger partial charge on any atom is 0.454 e. The Kier molecular flexibility index (Phi) is 118. The van der Waals surface area contributed by atoms with Crippen molar-refractivity contribution >= 4 is 0 Å². The Morgan fingerprint density at radius 1 is 1.83 bits per heavy atom. The van der Waals surface area contributed by atoms with Crippen molar-refractivity contribution in [3.63, 3.8) is 0 Å². The number of nitrogens with zero attached hydrogens (tertiary/aromatic N) is 3. The van der Waals surface area contributed by atoms with E-state index in [1.54, 1.807) is 0 Å². The number of hydrogen-bond acceptors (Lipinski definition) is 4. The van der Waals surface area contributed by atoms with Gasteiger partial charge in [0.2, 0.25) is 0 Å². The van der Waals surface area contributed by atoms with Crippen LogP contribution in [-0.4, -0.2) is 5.21 Å². The molecule has 0 aromatic rings. The summed E-state index contributed by atoms with van der Waals surface area (Å²) in [7, 11) is 0. The Morgan fingerprint density at radius 2 is 1.83 bits per heavy atom. The molecule has 0 atom stereocenters. The van der Waals surface area contributed by atoms with Crippen molar-refractivity contribution in [2.24, 2.45) is 0 Å². The van der Waals surface area contributed by atoms with Crippen molar-refractivity contribution in [1.82, 2.24) is 4.97 Å². The fourth-order valence-electron chi connectivity index (χ4n) is 0. The SMILES string of the molecule is N#[N+]O.N=[N+]=O. The fraction of sp³-hybridized carbons (Fsp3) is 0. The van der Waals surface area contributed by atoms with Gasteiger partial charge in [0.15, 0.2) is 4.91 Å². The lowest BCUT2D eigenvalue weighted by molar-refractivity contribution is 0.447. The lowest BCUT2D eigenvalue weighted by Crippen LogP contribution is -1.25. The van der Waals surface area contributed by atoms with Crippen LogP contribution in [0.1, 0.15) is 0 Å². The highest BCUT2D eigenvalue weighted by molar-refractivity contribution is 3.85. The molecule has 0 amide bonds. The summed E-state index contributed by atoms with van der Waals surface area (Å²) in [5.74, 6) is 0. The first-order valence-electron chi connectivity index (χ1n) is 0.806. The van der Waals surface area contributed by atoms with Crippen LogP contribution in [-0.2, 0) is 0 Å². The van der Waals surface area contributed by atoms with Crippen LogP contribution in [0.15, 0.2) is 0 Å². The molecule has 0 saturated heterocycles. The molecule has 0 aromatic carbocycles. The number of nitroso groups, excluding NO2 is 1. The molecule has 0 radical (unpaired) electrons. The zero-order valence-electron chi connectivity index (χ0n) is 2.70. The van der Waals surface area contributed by atoms with Gasteiger partial charge in [0.25, 0.3) is 5.39 Å². The quantitative estimate of drug-likeness (QED) is 0.190. The van der Waals surface area contributed by atoms with E-state index in [1.807, 2.05) is 0 Å². The number of hydrogen-bond donors (Lipinski definition) is 2. The highest BCUT2D eigenvalue weighted by atomic mass is 16.4. The molecule has 0 fully saturated rings. The van der Waals surface area contributed by atoms with Gasteiger partial charge in [-0.2, -0.15) is 0 Å². The first-order valence-corrected chi connectivity index (χ1v) is 0.806. The van der Waals surface area contributed by atoms with E-state index in [2.05, 4.69) is 0 Å². The largest absolute Gasteiger partial charge is 0.454 e. The predicted molar refractivity (Wildman–Crippen MR) is 15.1 cm³/mol. The van der Waals surface area contributed by atoms with Crippen LogP contribution < -0.4 is 4.97 Å². The summed E-state index contributed by atoms with van der Waals surface area (Å²) in [6.45, 7) is 0. The number of diazo groups is 1. The second kappa shape index (κ2) is 80.4. The Labute approximate surface area is 32.5 Å². The smallest absolute Gasteiger partial charge is 0.145 e. The summed E-state index contributed by atoms with van der Waals surface area (Å²) in [6, 6.07) is 0. The molecule has 0 aromatic heterocycles. The highest BCUT2D eigenvalue weighted by Crippen LogP contribution is 1.23. The normalized spacial score (nSPS) is 2.50. The molecule has 6 heavy (non-hydrogen) atoms. The van der Waals surface area contributed by atoms with Crippen LogP contribution in [0.3, 0.4) is 0 Å². The molecule has 0 aliphatic heterocycles. The molecule has 0 aliphatic carbocycles. The molecule has 0 rings (SSSR count). The molecule has 0 spiro atoms. The van der Waals surface area contributed by atoms with Crippen molar-refractivity contribution in [3.05, 3.63) is 10.0 Å². The number of rotatable bonds is 0. The van der Waals surface area contributed by atoms with Crippen molar-refractivity contribution < 1.29 is 5.21 Å². The molecule has 6 nitrogen and oxygen atoms in total. The Hall–Kier alpha value is -1.47. The van der Waals surface area contributed by atoms with Gasteiger partial charge in [-0.3, -0.25) is 0 Å². The van der Waals surface area contributed by atoms with E-state index >= 15 is 0 Å². The average Bonchev–Trinajstić information content (AvgIpc) is 1.39. The third kappa shape index (κ3) is 2.74. The van der Waals surface area contributed by atoms with E-state index in [0.717, 1.165) is 0 Å². The summed E-state index contributed by atoms with van der Waals surface area (Å²) >= 11 is 0. The highest BCUT2D eigenvalue weighted by Gasteiger charge is 1.40. The minimum atomic E-state index is 1.50. The van der Waals surface area contributed by atoms with Gasteiger partial charge in [-0.05, 0) is 0 Å². The van der Waals surface area contributed by atoms with E-state index in [0.29, 0.717) is 0 Å². The predicted octanol–water partition coefficient (Wildman–Crippen LogP) is 0.0796. The monoisotopic (exact) mass is 90.0 g/mol. The zero-order chi connectivity index (χ0) is 5.41. The standard InChI is InChI=1S/HN2O.N2O/c2*1-2-3/h1H;/q+1;/p+1. The van der Waals surface area contributed by atoms with Crippen molar-refractivity contribution in [2.45, 2.75) is 0 Å². The van der Waals surface area contributed by atoms with Gasteiger partial charge < -0.3 is 0 Å². The van der Waals surface area contributed by atoms with Crippen LogP contribution in [0.4, 0.5) is 0 Å². The second-order valence-corrected chi connectivity index (χ2v) is 0.181. The average molecular weight is 90.0 g/mol. The maximum atomic E-state index is 8.22. The van der Waals surface area contributed by atoms with Gasteiger partial charge >= 0.3 is 10.1 Å². The molecule has 0 saturated carbocycles. The van der Waals surface area contributed by atoms with Gasteiger partial charge in [0.1, 0.15) is 5.53 Å².